The summed E-state index contributed by atoms with van der Waals surface area (Å²) in [6, 6.07) is 37.5. The molecular formula is C68H94N6S4. The number of likely N-dealkylation sites (tertiary alicyclic amines) is 1. The van der Waals surface area contributed by atoms with E-state index in [4.69, 9.17) is 0 Å². The first-order valence-corrected chi connectivity index (χ1v) is 32.7. The van der Waals surface area contributed by atoms with Gasteiger partial charge in [-0.15, -0.1) is 45.3 Å². The van der Waals surface area contributed by atoms with Crippen molar-refractivity contribution in [3.05, 3.63) is 129 Å². The second kappa shape index (κ2) is 24.7. The number of nitrogens with one attached hydrogen (secondary N) is 2. The van der Waals surface area contributed by atoms with Crippen molar-refractivity contribution < 1.29 is 0 Å². The fourth-order valence-electron chi connectivity index (χ4n) is 11.1. The van der Waals surface area contributed by atoms with Gasteiger partial charge in [-0.05, 0) is 216 Å². The van der Waals surface area contributed by atoms with Crippen molar-refractivity contribution in [3.8, 4) is 0 Å². The summed E-state index contributed by atoms with van der Waals surface area (Å²) in [6.45, 7) is 41.3. The molecule has 4 saturated heterocycles. The van der Waals surface area contributed by atoms with Crippen LogP contribution in [-0.4, -0.2) is 102 Å². The largest absolute Gasteiger partial charge is 0.361 e. The highest BCUT2D eigenvalue weighted by molar-refractivity contribution is 7.23. The Bertz CT molecular complexity index is 2990. The molecule has 0 atom stereocenters. The molecule has 4 aliphatic rings. The maximum atomic E-state index is 3.45. The maximum Gasteiger partial charge on any atom is 0.0921 e. The van der Waals surface area contributed by atoms with Crippen molar-refractivity contribution in [1.29, 1.82) is 0 Å². The molecule has 0 amide bonds. The van der Waals surface area contributed by atoms with Gasteiger partial charge in [0.05, 0.1) is 10.0 Å². The normalized spacial score (nSPS) is 18.0. The van der Waals surface area contributed by atoms with Crippen LogP contribution in [0.2, 0.25) is 0 Å². The topological polar surface area (TPSA) is 37.0 Å². The van der Waals surface area contributed by atoms with E-state index < -0.39 is 0 Å². The summed E-state index contributed by atoms with van der Waals surface area (Å²) in [5, 5.41) is 15.4. The van der Waals surface area contributed by atoms with Crippen molar-refractivity contribution >= 4 is 95.7 Å². The molecule has 8 heterocycles. The predicted octanol–water partition coefficient (Wildman–Crippen LogP) is 17.2. The van der Waals surface area contributed by atoms with Gasteiger partial charge in [0.15, 0.2) is 0 Å². The van der Waals surface area contributed by atoms with E-state index in [2.05, 4.69) is 224 Å². The van der Waals surface area contributed by atoms with Gasteiger partial charge < -0.3 is 30.2 Å². The Hall–Kier alpha value is -3.84. The zero-order chi connectivity index (χ0) is 55.6. The molecule has 0 unspecified atom stereocenters. The Morgan fingerprint density at radius 3 is 1.05 bits per heavy atom. The van der Waals surface area contributed by atoms with Gasteiger partial charge in [0.1, 0.15) is 0 Å². The number of piperazine rings is 2. The lowest BCUT2D eigenvalue weighted by molar-refractivity contribution is 0.257. The minimum Gasteiger partial charge on any atom is -0.361 e. The number of likely N-dealkylation sites (N-methyl/N-ethyl adjacent to an activating group) is 1. The van der Waals surface area contributed by atoms with E-state index in [0.29, 0.717) is 0 Å². The molecule has 4 fully saturated rings. The minimum atomic E-state index is 0.226. The molecule has 4 aromatic heterocycles. The number of thiophene rings is 4. The summed E-state index contributed by atoms with van der Waals surface area (Å²) in [4.78, 5) is 13.1. The fraction of sp³-hybridized carbons (Fsp3) is 0.529. The molecule has 2 N–H and O–H groups in total. The van der Waals surface area contributed by atoms with E-state index in [1.54, 1.807) is 9.75 Å². The molecule has 12 rings (SSSR count). The number of fused-ring (bicyclic) bond motifs is 4. The number of hydrogen-bond acceptors (Lipinski definition) is 10. The Kier molecular flexibility index (Phi) is 18.6. The lowest BCUT2D eigenvalue weighted by Crippen LogP contribution is -2.44. The van der Waals surface area contributed by atoms with Crippen molar-refractivity contribution in [3.63, 3.8) is 0 Å². The van der Waals surface area contributed by atoms with Crippen molar-refractivity contribution in [2.45, 2.75) is 142 Å². The smallest absolute Gasteiger partial charge is 0.0921 e. The minimum absolute atomic E-state index is 0.226. The number of piperidine rings is 2. The monoisotopic (exact) mass is 1120 g/mol. The first-order chi connectivity index (χ1) is 36.9. The zero-order valence-corrected chi connectivity index (χ0v) is 53.4. The molecule has 8 aromatic rings. The Balaban J connectivity index is 0.000000126. The SMILES string of the molecule is CC(C)(C)c1ccc2sc(C3CCNCC3)cc2c1.CC(C)(C)c1ccc2sc(N3CCNCC3)cc2c1.CN1CCC(c2cc3cc(C(C)(C)C)ccc3s2)CC1.CN1CCN(c2cc3cc(C(C)(C)C)ccc3s2)CC1. The van der Waals surface area contributed by atoms with Crippen LogP contribution in [-0.2, 0) is 21.7 Å². The van der Waals surface area contributed by atoms with Crippen LogP contribution in [0.25, 0.3) is 40.3 Å². The van der Waals surface area contributed by atoms with Gasteiger partial charge in [0.25, 0.3) is 0 Å². The van der Waals surface area contributed by atoms with E-state index in [9.17, 15) is 0 Å². The second-order valence-electron chi connectivity index (χ2n) is 27.1. The highest BCUT2D eigenvalue weighted by atomic mass is 32.1. The molecule has 0 radical (unpaired) electrons. The summed E-state index contributed by atoms with van der Waals surface area (Å²) in [6.07, 6.45) is 5.21. The van der Waals surface area contributed by atoms with E-state index in [-0.39, 0.29) is 21.7 Å². The van der Waals surface area contributed by atoms with E-state index in [0.717, 1.165) is 51.1 Å². The highest BCUT2D eigenvalue weighted by Crippen LogP contribution is 2.41. The molecule has 0 aliphatic carbocycles. The maximum absolute atomic E-state index is 3.45. The lowest BCUT2D eigenvalue weighted by atomic mass is 9.86. The zero-order valence-electron chi connectivity index (χ0n) is 50.1. The molecule has 0 saturated carbocycles. The van der Waals surface area contributed by atoms with Crippen LogP contribution in [0.3, 0.4) is 0 Å². The van der Waals surface area contributed by atoms with Gasteiger partial charge in [0, 0.05) is 80.9 Å². The van der Waals surface area contributed by atoms with Gasteiger partial charge in [-0.1, -0.05) is 107 Å². The average Bonchev–Trinajstić information content (AvgIpc) is 4.23. The quantitative estimate of drug-likeness (QED) is 0.183. The van der Waals surface area contributed by atoms with Gasteiger partial charge >= 0.3 is 0 Å². The second-order valence-corrected chi connectivity index (χ2v) is 31.5. The Morgan fingerprint density at radius 1 is 0.346 bits per heavy atom. The number of hydrogen-bond donors (Lipinski definition) is 2. The third kappa shape index (κ3) is 15.0. The van der Waals surface area contributed by atoms with E-state index >= 15 is 0 Å². The molecule has 6 nitrogen and oxygen atoms in total. The first kappa shape index (κ1) is 58.8. The molecule has 4 aliphatic heterocycles. The van der Waals surface area contributed by atoms with Crippen molar-refractivity contribution in [2.75, 3.05) is 102 Å². The van der Waals surface area contributed by atoms with Gasteiger partial charge in [-0.2, -0.15) is 0 Å². The molecule has 4 aromatic carbocycles. The van der Waals surface area contributed by atoms with Crippen molar-refractivity contribution in [2.24, 2.45) is 0 Å². The van der Waals surface area contributed by atoms with Crippen molar-refractivity contribution in [1.82, 2.24) is 20.4 Å². The predicted molar refractivity (Wildman–Crippen MR) is 351 cm³/mol. The summed E-state index contributed by atoms with van der Waals surface area (Å²) in [5.74, 6) is 1.55. The van der Waals surface area contributed by atoms with Gasteiger partial charge in [0.2, 0.25) is 0 Å². The number of anilines is 2. The van der Waals surface area contributed by atoms with E-state index in [1.165, 1.54) is 138 Å². The molecule has 0 spiro atoms. The third-order valence-electron chi connectivity index (χ3n) is 16.6. The van der Waals surface area contributed by atoms with Crippen LogP contribution < -0.4 is 20.4 Å². The standard InChI is InChI=1S/C18H25NS.C17H24N2S.C17H23NS.C16H22N2S/c1-18(2,3)15-5-6-16-14(11-15)12-17(20-16)13-7-9-19(4)10-8-13;1-17(2,3)14-5-6-15-13(11-14)12-16(20-15)19-9-7-18(4)8-10-19;1-17(2,3)14-4-5-15-13(10-14)11-16(19-15)12-6-8-18-9-7-12;1-16(2,3)13-4-5-14-12(10-13)11-15(19-14)18-8-6-17-7-9-18/h5-6,11-13H,7-10H2,1-4H3;5-6,11-12H,7-10H2,1-4H3;4-5,10-12,18H,6-9H2,1-3H3;4-5,10-11,17H,6-9H2,1-3H3. The van der Waals surface area contributed by atoms with Crippen LogP contribution >= 0.6 is 45.3 Å². The van der Waals surface area contributed by atoms with Crippen LogP contribution in [0.4, 0.5) is 10.0 Å². The summed E-state index contributed by atoms with van der Waals surface area (Å²) >= 11 is 7.85. The van der Waals surface area contributed by atoms with E-state index in [1.807, 2.05) is 45.3 Å². The Labute approximate surface area is 486 Å². The number of rotatable bonds is 4. The van der Waals surface area contributed by atoms with Crippen LogP contribution in [0.5, 0.6) is 0 Å². The van der Waals surface area contributed by atoms with Crippen LogP contribution in [0, 0.1) is 0 Å². The molecular weight excluding hydrogens is 1030 g/mol. The van der Waals surface area contributed by atoms with Gasteiger partial charge in [-0.3, -0.25) is 0 Å². The fourth-order valence-corrected chi connectivity index (χ4v) is 15.7. The van der Waals surface area contributed by atoms with Crippen LogP contribution in [0.1, 0.15) is 153 Å². The highest BCUT2D eigenvalue weighted by Gasteiger charge is 2.24. The lowest BCUT2D eigenvalue weighted by Gasteiger charge is -2.32. The molecule has 78 heavy (non-hydrogen) atoms. The molecule has 10 heteroatoms. The number of benzene rings is 4. The van der Waals surface area contributed by atoms with Crippen LogP contribution in [0.15, 0.2) is 97.1 Å². The first-order valence-electron chi connectivity index (χ1n) is 29.4. The summed E-state index contributed by atoms with van der Waals surface area (Å²) in [5.41, 5.74) is 6.66. The Morgan fingerprint density at radius 2 is 0.667 bits per heavy atom. The number of nitrogens with zero attached hydrogens (tertiary/aromatic N) is 4. The average molecular weight is 1120 g/mol. The summed E-state index contributed by atoms with van der Waals surface area (Å²) in [7, 11) is 4.44. The summed E-state index contributed by atoms with van der Waals surface area (Å²) < 4.78 is 5.71. The van der Waals surface area contributed by atoms with Gasteiger partial charge in [-0.25, -0.2) is 0 Å². The molecule has 420 valence electrons. The molecule has 0 bridgehead atoms. The third-order valence-corrected chi connectivity index (χ3v) is 21.6.